The molecule has 0 unspecified atom stereocenters. The van der Waals surface area contributed by atoms with Gasteiger partial charge in [0.25, 0.3) is 5.91 Å². The summed E-state index contributed by atoms with van der Waals surface area (Å²) >= 11 is 0. The number of aromatic nitrogens is 4. The van der Waals surface area contributed by atoms with Crippen LogP contribution in [0.2, 0.25) is 0 Å². The van der Waals surface area contributed by atoms with Gasteiger partial charge < -0.3 is 16.0 Å². The monoisotopic (exact) mass is 447 g/mol. The van der Waals surface area contributed by atoms with Gasteiger partial charge in [-0.2, -0.15) is 0 Å². The van der Waals surface area contributed by atoms with Crippen molar-refractivity contribution >= 4 is 28.3 Å². The summed E-state index contributed by atoms with van der Waals surface area (Å²) in [6, 6.07) is 10.00. The van der Waals surface area contributed by atoms with Crippen molar-refractivity contribution in [2.75, 3.05) is 30.3 Å². The van der Waals surface area contributed by atoms with Gasteiger partial charge in [-0.05, 0) is 18.2 Å². The Hall–Kier alpha value is -4.05. The minimum atomic E-state index is -1.31. The predicted octanol–water partition coefficient (Wildman–Crippen LogP) is 3.20. The molecule has 1 aliphatic heterocycles. The van der Waals surface area contributed by atoms with Gasteiger partial charge in [-0.3, -0.25) is 14.8 Å². The summed E-state index contributed by atoms with van der Waals surface area (Å²) in [7, 11) is 0. The van der Waals surface area contributed by atoms with Crippen molar-refractivity contribution in [3.05, 3.63) is 72.6 Å². The number of pyridine rings is 2. The largest absolute Gasteiger partial charge is 0.365 e. The van der Waals surface area contributed by atoms with Gasteiger partial charge in [0.15, 0.2) is 17.3 Å². The van der Waals surface area contributed by atoms with Crippen molar-refractivity contribution in [2.24, 2.45) is 0 Å². The first kappa shape index (κ1) is 20.8. The van der Waals surface area contributed by atoms with Crippen LogP contribution in [-0.2, 0) is 0 Å². The molecule has 3 N–H and O–H groups in total. The molecule has 0 bridgehead atoms. The van der Waals surface area contributed by atoms with Crippen molar-refractivity contribution in [3.8, 4) is 11.4 Å². The number of hydrogen-bond acceptors (Lipinski definition) is 7. The Morgan fingerprint density at radius 2 is 1.85 bits per heavy atom. The average Bonchev–Trinajstić information content (AvgIpc) is 2.84. The van der Waals surface area contributed by atoms with Gasteiger partial charge in [-0.15, -0.1) is 0 Å². The zero-order valence-electron chi connectivity index (χ0n) is 17.3. The number of nitrogens with zero attached hydrogens (tertiary/aromatic N) is 4. The van der Waals surface area contributed by atoms with Gasteiger partial charge in [0.05, 0.1) is 24.6 Å². The number of carbonyl (C=O) groups excluding carboxylic acids is 1. The Bertz CT molecular complexity index is 1330. The number of benzene rings is 1. The zero-order chi connectivity index (χ0) is 22.8. The van der Waals surface area contributed by atoms with E-state index in [0.717, 1.165) is 0 Å². The first-order valence-corrected chi connectivity index (χ1v) is 10.3. The molecular formula is C23H19F2N7O. The summed E-state index contributed by atoms with van der Waals surface area (Å²) in [6.45, 7) is 0.680. The molecular weight excluding hydrogens is 428 g/mol. The van der Waals surface area contributed by atoms with Crippen LogP contribution < -0.4 is 16.0 Å². The lowest BCUT2D eigenvalue weighted by atomic mass is 10.00. The topological polar surface area (TPSA) is 105 Å². The third kappa shape index (κ3) is 4.33. The maximum atomic E-state index is 15.2. The quantitative estimate of drug-likeness (QED) is 0.417. The summed E-state index contributed by atoms with van der Waals surface area (Å²) < 4.78 is 29.4. The zero-order valence-corrected chi connectivity index (χ0v) is 17.3. The molecule has 4 aromatic rings. The number of hydrogen-bond donors (Lipinski definition) is 3. The summed E-state index contributed by atoms with van der Waals surface area (Å²) in [5.74, 6) is -0.936. The molecule has 1 saturated heterocycles. The third-order valence-electron chi connectivity index (χ3n) is 5.35. The van der Waals surface area contributed by atoms with E-state index in [0.29, 0.717) is 28.2 Å². The SMILES string of the molecule is O=C(Nc1ncc2cnc(-c3cncc(NCC4(F)CNC4)n3)cc2c1F)c1ccccc1. The van der Waals surface area contributed by atoms with E-state index in [-0.39, 0.29) is 30.8 Å². The molecule has 1 aliphatic rings. The Kier molecular flexibility index (Phi) is 5.35. The van der Waals surface area contributed by atoms with Crippen LogP contribution in [-0.4, -0.2) is 51.1 Å². The second-order valence-electron chi connectivity index (χ2n) is 7.80. The predicted molar refractivity (Wildman–Crippen MR) is 120 cm³/mol. The van der Waals surface area contributed by atoms with E-state index in [9.17, 15) is 9.18 Å². The molecule has 166 valence electrons. The van der Waals surface area contributed by atoms with Gasteiger partial charge in [-0.25, -0.2) is 18.7 Å². The molecule has 1 fully saturated rings. The highest BCUT2D eigenvalue weighted by molar-refractivity contribution is 6.04. The molecule has 8 nitrogen and oxygen atoms in total. The first-order valence-electron chi connectivity index (χ1n) is 10.3. The number of rotatable bonds is 6. The Morgan fingerprint density at radius 3 is 2.61 bits per heavy atom. The van der Waals surface area contributed by atoms with Crippen LogP contribution in [0.4, 0.5) is 20.4 Å². The van der Waals surface area contributed by atoms with Crippen LogP contribution >= 0.6 is 0 Å². The van der Waals surface area contributed by atoms with Gasteiger partial charge in [0, 0.05) is 41.8 Å². The van der Waals surface area contributed by atoms with Crippen molar-refractivity contribution in [2.45, 2.75) is 5.67 Å². The molecule has 0 radical (unpaired) electrons. The van der Waals surface area contributed by atoms with Gasteiger partial charge >= 0.3 is 0 Å². The van der Waals surface area contributed by atoms with Crippen LogP contribution in [0.5, 0.6) is 0 Å². The highest BCUT2D eigenvalue weighted by atomic mass is 19.1. The molecule has 1 amide bonds. The molecule has 0 saturated carbocycles. The number of fused-ring (bicyclic) bond motifs is 1. The maximum Gasteiger partial charge on any atom is 0.256 e. The fraction of sp³-hybridized carbons (Fsp3) is 0.174. The van der Waals surface area contributed by atoms with E-state index in [2.05, 4.69) is 35.9 Å². The average molecular weight is 447 g/mol. The Labute approximate surface area is 187 Å². The highest BCUT2D eigenvalue weighted by Gasteiger charge is 2.36. The van der Waals surface area contributed by atoms with Crippen molar-refractivity contribution < 1.29 is 13.6 Å². The van der Waals surface area contributed by atoms with Crippen LogP contribution in [0.1, 0.15) is 10.4 Å². The molecule has 0 aliphatic carbocycles. The summed E-state index contributed by atoms with van der Waals surface area (Å²) in [6.07, 6.45) is 5.89. The lowest BCUT2D eigenvalue weighted by Gasteiger charge is -2.34. The fourth-order valence-corrected chi connectivity index (χ4v) is 3.42. The Morgan fingerprint density at radius 1 is 1.06 bits per heavy atom. The summed E-state index contributed by atoms with van der Waals surface area (Å²) in [4.78, 5) is 29.3. The standard InChI is InChI=1S/C23H19F2N7O/c24-20-16-6-17(18-9-26-10-19(31-18)30-13-23(25)11-27-12-23)28-7-15(16)8-29-21(20)32-22(33)14-4-2-1-3-5-14/h1-10,27H,11-13H2,(H,30,31)(H,29,32,33). The van der Waals surface area contributed by atoms with E-state index in [4.69, 9.17) is 0 Å². The normalized spacial score (nSPS) is 14.5. The van der Waals surface area contributed by atoms with Crippen molar-refractivity contribution in [3.63, 3.8) is 0 Å². The number of nitrogens with one attached hydrogen (secondary N) is 3. The molecule has 33 heavy (non-hydrogen) atoms. The molecule has 1 aromatic carbocycles. The van der Waals surface area contributed by atoms with Gasteiger partial charge in [-0.1, -0.05) is 18.2 Å². The van der Waals surface area contributed by atoms with Crippen LogP contribution in [0, 0.1) is 5.82 Å². The number of amides is 1. The van der Waals surface area contributed by atoms with E-state index in [1.165, 1.54) is 30.9 Å². The number of anilines is 2. The van der Waals surface area contributed by atoms with Gasteiger partial charge in [0.1, 0.15) is 11.5 Å². The Balaban J connectivity index is 1.41. The second kappa shape index (κ2) is 8.47. The number of alkyl halides is 1. The molecule has 5 rings (SSSR count). The fourth-order valence-electron chi connectivity index (χ4n) is 3.42. The van der Waals surface area contributed by atoms with Gasteiger partial charge in [0.2, 0.25) is 0 Å². The van der Waals surface area contributed by atoms with Crippen LogP contribution in [0.15, 0.2) is 61.2 Å². The van der Waals surface area contributed by atoms with E-state index < -0.39 is 17.4 Å². The lowest BCUT2D eigenvalue weighted by Crippen LogP contribution is -2.59. The minimum Gasteiger partial charge on any atom is -0.365 e. The maximum absolute atomic E-state index is 15.2. The highest BCUT2D eigenvalue weighted by Crippen LogP contribution is 2.26. The van der Waals surface area contributed by atoms with E-state index in [1.807, 2.05) is 0 Å². The third-order valence-corrected chi connectivity index (χ3v) is 5.35. The molecule has 0 spiro atoms. The summed E-state index contributed by atoms with van der Waals surface area (Å²) in [5, 5.41) is 9.03. The molecule has 10 heteroatoms. The van der Waals surface area contributed by atoms with Crippen molar-refractivity contribution in [1.29, 1.82) is 0 Å². The van der Waals surface area contributed by atoms with Crippen LogP contribution in [0.25, 0.3) is 22.2 Å². The molecule has 3 aromatic heterocycles. The smallest absolute Gasteiger partial charge is 0.256 e. The van der Waals surface area contributed by atoms with E-state index in [1.54, 1.807) is 30.3 Å². The number of carbonyl (C=O) groups is 1. The lowest BCUT2D eigenvalue weighted by molar-refractivity contribution is 0.102. The summed E-state index contributed by atoms with van der Waals surface area (Å²) in [5.41, 5.74) is -0.145. The molecule has 0 atom stereocenters. The number of halogens is 2. The van der Waals surface area contributed by atoms with Crippen molar-refractivity contribution in [1.82, 2.24) is 25.3 Å². The van der Waals surface area contributed by atoms with E-state index >= 15 is 4.39 Å². The second-order valence-corrected chi connectivity index (χ2v) is 7.80. The van der Waals surface area contributed by atoms with Crippen LogP contribution in [0.3, 0.4) is 0 Å². The first-order chi connectivity index (χ1) is 16.0. The minimum absolute atomic E-state index is 0.105. The molecule has 4 heterocycles.